The summed E-state index contributed by atoms with van der Waals surface area (Å²) in [6.07, 6.45) is 0. The molecule has 1 aromatic rings. The quantitative estimate of drug-likeness (QED) is 0.347. The van der Waals surface area contributed by atoms with E-state index >= 15 is 0 Å². The van der Waals surface area contributed by atoms with Gasteiger partial charge in [-0.3, -0.25) is 4.79 Å². The fourth-order valence-electron chi connectivity index (χ4n) is 1.45. The van der Waals surface area contributed by atoms with Crippen molar-refractivity contribution < 1.29 is 14.3 Å². The molecule has 0 heterocycles. The predicted octanol–water partition coefficient (Wildman–Crippen LogP) is 2.38. The smallest absolute Gasteiger partial charge is 0.328 e. The summed E-state index contributed by atoms with van der Waals surface area (Å²) in [5.41, 5.74) is 5.87. The van der Waals surface area contributed by atoms with Crippen molar-refractivity contribution in [3.05, 3.63) is 24.3 Å². The van der Waals surface area contributed by atoms with E-state index in [-0.39, 0.29) is 36.5 Å². The maximum absolute atomic E-state index is 11.5. The second-order valence-electron chi connectivity index (χ2n) is 5.11. The number of methoxy groups -OCH3 is 1. The Morgan fingerprint density at radius 2 is 1.95 bits per heavy atom. The molecule has 7 heteroatoms. The zero-order valence-corrected chi connectivity index (χ0v) is 15.0. The number of para-hydroxylation sites is 2. The Bertz CT molecular complexity index is 498. The van der Waals surface area contributed by atoms with E-state index in [4.69, 9.17) is 15.2 Å². The number of halogens is 1. The summed E-state index contributed by atoms with van der Waals surface area (Å²) in [4.78, 5) is 15.4. The number of nitrogens with zero attached hydrogens (tertiary/aromatic N) is 1. The zero-order valence-electron chi connectivity index (χ0n) is 12.7. The number of hydrogen-bond acceptors (Lipinski definition) is 4. The first-order valence-corrected chi connectivity index (χ1v) is 6.23. The molecule has 21 heavy (non-hydrogen) atoms. The van der Waals surface area contributed by atoms with Gasteiger partial charge in [0.05, 0.1) is 12.8 Å². The Hall–Kier alpha value is -1.51. The molecule has 0 aliphatic rings. The molecule has 0 radical (unpaired) electrons. The third-order valence-electron chi connectivity index (χ3n) is 2.17. The number of hydrogen-bond donors (Lipinski definition) is 2. The summed E-state index contributed by atoms with van der Waals surface area (Å²) in [5, 5.41) is 2.87. The molecule has 0 spiro atoms. The molecule has 0 fully saturated rings. The van der Waals surface area contributed by atoms with Gasteiger partial charge < -0.3 is 20.5 Å². The summed E-state index contributed by atoms with van der Waals surface area (Å²) in [7, 11) is 1.56. The topological polar surface area (TPSA) is 85.9 Å². The Balaban J connectivity index is 0.00000400. The lowest BCUT2D eigenvalue weighted by Gasteiger charge is -2.18. The van der Waals surface area contributed by atoms with Crippen LogP contribution in [0.3, 0.4) is 0 Å². The number of anilines is 1. The Morgan fingerprint density at radius 3 is 2.52 bits per heavy atom. The minimum atomic E-state index is -0.530. The van der Waals surface area contributed by atoms with E-state index in [1.165, 1.54) is 0 Å². The van der Waals surface area contributed by atoms with Crippen molar-refractivity contribution in [1.82, 2.24) is 0 Å². The molecule has 0 saturated heterocycles. The van der Waals surface area contributed by atoms with E-state index in [1.54, 1.807) is 40.0 Å². The van der Waals surface area contributed by atoms with Gasteiger partial charge in [-0.25, -0.2) is 4.99 Å². The van der Waals surface area contributed by atoms with Gasteiger partial charge in [0.2, 0.25) is 0 Å². The minimum absolute atomic E-state index is 0. The first-order valence-electron chi connectivity index (χ1n) is 6.23. The van der Waals surface area contributed by atoms with Crippen molar-refractivity contribution in [1.29, 1.82) is 0 Å². The standard InChI is InChI=1S/C14H21N3O3.HI/c1-14(2,3)20-12(18)9-16-13(15)17-10-7-5-6-8-11(10)19-4;/h5-8H,9H2,1-4H3,(H3,15,16,17);1H. The lowest BCUT2D eigenvalue weighted by atomic mass is 10.2. The first-order chi connectivity index (χ1) is 9.31. The Kier molecular flexibility index (Phi) is 8.08. The second-order valence-corrected chi connectivity index (χ2v) is 5.11. The van der Waals surface area contributed by atoms with Crippen LogP contribution < -0.4 is 15.8 Å². The Morgan fingerprint density at radius 1 is 1.33 bits per heavy atom. The monoisotopic (exact) mass is 407 g/mol. The lowest BCUT2D eigenvalue weighted by Crippen LogP contribution is -2.28. The number of nitrogens with two attached hydrogens (primary N) is 1. The highest BCUT2D eigenvalue weighted by Gasteiger charge is 2.15. The lowest BCUT2D eigenvalue weighted by molar-refractivity contribution is -0.152. The number of guanidine groups is 1. The molecule has 0 bridgehead atoms. The van der Waals surface area contributed by atoms with E-state index in [2.05, 4.69) is 10.3 Å². The number of benzene rings is 1. The van der Waals surface area contributed by atoms with Gasteiger partial charge in [0, 0.05) is 0 Å². The SMILES string of the molecule is COc1ccccc1NC(N)=NCC(=O)OC(C)(C)C.I. The second kappa shape index (κ2) is 8.71. The highest BCUT2D eigenvalue weighted by atomic mass is 127. The van der Waals surface area contributed by atoms with Crippen LogP contribution in [0.2, 0.25) is 0 Å². The van der Waals surface area contributed by atoms with Crippen molar-refractivity contribution in [2.24, 2.45) is 10.7 Å². The van der Waals surface area contributed by atoms with Crippen LogP contribution in [0.4, 0.5) is 5.69 Å². The highest BCUT2D eigenvalue weighted by Crippen LogP contribution is 2.22. The number of carbonyl (C=O) groups is 1. The van der Waals surface area contributed by atoms with E-state index in [0.717, 1.165) is 0 Å². The molecule has 6 nitrogen and oxygen atoms in total. The summed E-state index contributed by atoms with van der Waals surface area (Å²) in [6.45, 7) is 5.26. The van der Waals surface area contributed by atoms with E-state index in [1.807, 2.05) is 12.1 Å². The van der Waals surface area contributed by atoms with E-state index < -0.39 is 11.6 Å². The van der Waals surface area contributed by atoms with E-state index in [9.17, 15) is 4.79 Å². The van der Waals surface area contributed by atoms with Gasteiger partial charge in [-0.05, 0) is 32.9 Å². The van der Waals surface area contributed by atoms with Crippen LogP contribution in [0.1, 0.15) is 20.8 Å². The van der Waals surface area contributed by atoms with Gasteiger partial charge in [-0.15, -0.1) is 24.0 Å². The number of ether oxygens (including phenoxy) is 2. The van der Waals surface area contributed by atoms with Crippen LogP contribution in [0.25, 0.3) is 0 Å². The van der Waals surface area contributed by atoms with Crippen molar-refractivity contribution in [2.45, 2.75) is 26.4 Å². The molecular weight excluding hydrogens is 385 g/mol. The van der Waals surface area contributed by atoms with Gasteiger partial charge in [0.1, 0.15) is 17.9 Å². The fourth-order valence-corrected chi connectivity index (χ4v) is 1.45. The van der Waals surface area contributed by atoms with Crippen LogP contribution in [-0.2, 0) is 9.53 Å². The maximum Gasteiger partial charge on any atom is 0.328 e. The normalized spacial score (nSPS) is 11.3. The molecule has 0 aliphatic carbocycles. The van der Waals surface area contributed by atoms with Crippen LogP contribution in [0.5, 0.6) is 5.75 Å². The van der Waals surface area contributed by atoms with Crippen LogP contribution in [0, 0.1) is 0 Å². The molecule has 118 valence electrons. The largest absolute Gasteiger partial charge is 0.495 e. The number of nitrogens with one attached hydrogen (secondary N) is 1. The van der Waals surface area contributed by atoms with Crippen LogP contribution >= 0.6 is 24.0 Å². The predicted molar refractivity (Wildman–Crippen MR) is 94.4 cm³/mol. The third kappa shape index (κ3) is 7.74. The van der Waals surface area contributed by atoms with Gasteiger partial charge in [0.25, 0.3) is 0 Å². The maximum atomic E-state index is 11.5. The van der Waals surface area contributed by atoms with Crippen molar-refractivity contribution in [2.75, 3.05) is 19.0 Å². The molecule has 0 unspecified atom stereocenters. The summed E-state index contributed by atoms with van der Waals surface area (Å²) in [5.74, 6) is 0.338. The van der Waals surface area contributed by atoms with Gasteiger partial charge in [-0.2, -0.15) is 0 Å². The Labute approximate surface area is 142 Å². The van der Waals surface area contributed by atoms with Crippen molar-refractivity contribution in [3.63, 3.8) is 0 Å². The van der Waals surface area contributed by atoms with Crippen molar-refractivity contribution >= 4 is 41.6 Å². The third-order valence-corrected chi connectivity index (χ3v) is 2.17. The molecule has 3 N–H and O–H groups in total. The molecular formula is C14H22IN3O3. The molecule has 0 atom stereocenters. The van der Waals surface area contributed by atoms with Crippen LogP contribution in [0.15, 0.2) is 29.3 Å². The number of rotatable bonds is 4. The van der Waals surface area contributed by atoms with E-state index in [0.29, 0.717) is 11.4 Å². The fraction of sp³-hybridized carbons (Fsp3) is 0.429. The zero-order chi connectivity index (χ0) is 15.2. The minimum Gasteiger partial charge on any atom is -0.495 e. The van der Waals surface area contributed by atoms with Crippen molar-refractivity contribution in [3.8, 4) is 5.75 Å². The molecule has 1 aromatic carbocycles. The molecule has 1 rings (SSSR count). The molecule has 0 amide bonds. The average molecular weight is 407 g/mol. The summed E-state index contributed by atoms with van der Waals surface area (Å²) < 4.78 is 10.3. The molecule has 0 aromatic heterocycles. The number of carbonyl (C=O) groups excluding carboxylic acids is 1. The summed E-state index contributed by atoms with van der Waals surface area (Å²) in [6, 6.07) is 7.28. The first kappa shape index (κ1) is 19.5. The van der Waals surface area contributed by atoms with Gasteiger partial charge in [0.15, 0.2) is 5.96 Å². The number of esters is 1. The van der Waals surface area contributed by atoms with Gasteiger partial charge >= 0.3 is 5.97 Å². The average Bonchev–Trinajstić information content (AvgIpc) is 2.35. The molecule has 0 aliphatic heterocycles. The number of aliphatic imine (C=N–C) groups is 1. The van der Waals surface area contributed by atoms with Gasteiger partial charge in [-0.1, -0.05) is 12.1 Å². The van der Waals surface area contributed by atoms with Crippen LogP contribution in [-0.4, -0.2) is 31.2 Å². The summed E-state index contributed by atoms with van der Waals surface area (Å²) >= 11 is 0. The highest BCUT2D eigenvalue weighted by molar-refractivity contribution is 14.0. The molecule has 0 saturated carbocycles.